The van der Waals surface area contributed by atoms with Crippen LogP contribution < -0.4 is 24.6 Å². The van der Waals surface area contributed by atoms with Gasteiger partial charge in [-0.1, -0.05) is 18.2 Å². The summed E-state index contributed by atoms with van der Waals surface area (Å²) in [6.07, 6.45) is 0. The standard InChI is InChI=1S/C24H18O6/c1-26-18-4-2-3-15(9-18)13-27-19-7-5-17-10-20(24(25)30-22(17)12-19)16-6-8-21-23(11-16)29-14-28-21/h2-12H,13-14H2,1H3. The average molecular weight is 402 g/mol. The second-order valence-corrected chi connectivity index (χ2v) is 6.86. The van der Waals surface area contributed by atoms with Crippen molar-refractivity contribution in [2.75, 3.05) is 13.9 Å². The predicted molar refractivity (Wildman–Crippen MR) is 111 cm³/mol. The maximum atomic E-state index is 12.6. The lowest BCUT2D eigenvalue weighted by Crippen LogP contribution is -2.03. The summed E-state index contributed by atoms with van der Waals surface area (Å²) in [6.45, 7) is 0.561. The van der Waals surface area contributed by atoms with Crippen LogP contribution in [-0.4, -0.2) is 13.9 Å². The smallest absolute Gasteiger partial charge is 0.344 e. The summed E-state index contributed by atoms with van der Waals surface area (Å²) in [6, 6.07) is 20.3. The molecule has 0 saturated carbocycles. The summed E-state index contributed by atoms with van der Waals surface area (Å²) in [5.41, 5.74) is 2.20. The van der Waals surface area contributed by atoms with Gasteiger partial charge in [-0.05, 0) is 53.6 Å². The number of hydrogen-bond donors (Lipinski definition) is 0. The lowest BCUT2D eigenvalue weighted by atomic mass is 10.1. The molecule has 1 aliphatic rings. The van der Waals surface area contributed by atoms with Gasteiger partial charge in [0, 0.05) is 11.5 Å². The monoisotopic (exact) mass is 402 g/mol. The number of ether oxygens (including phenoxy) is 4. The minimum absolute atomic E-state index is 0.184. The Morgan fingerprint density at radius 3 is 2.70 bits per heavy atom. The molecule has 0 bridgehead atoms. The molecule has 4 aromatic rings. The van der Waals surface area contributed by atoms with Gasteiger partial charge in [-0.25, -0.2) is 4.79 Å². The first-order valence-corrected chi connectivity index (χ1v) is 9.43. The summed E-state index contributed by atoms with van der Waals surface area (Å²) in [5.74, 6) is 2.68. The van der Waals surface area contributed by atoms with E-state index in [1.165, 1.54) is 0 Å². The molecule has 0 unspecified atom stereocenters. The zero-order valence-corrected chi connectivity index (χ0v) is 16.2. The third-order valence-corrected chi connectivity index (χ3v) is 4.93. The Hall–Kier alpha value is -3.93. The van der Waals surface area contributed by atoms with Gasteiger partial charge in [-0.2, -0.15) is 0 Å². The molecule has 3 aromatic carbocycles. The molecule has 0 amide bonds. The highest BCUT2D eigenvalue weighted by Gasteiger charge is 2.16. The molecule has 0 saturated heterocycles. The second-order valence-electron chi connectivity index (χ2n) is 6.86. The minimum Gasteiger partial charge on any atom is -0.497 e. The Morgan fingerprint density at radius 2 is 1.80 bits per heavy atom. The summed E-state index contributed by atoms with van der Waals surface area (Å²) in [5, 5.41) is 0.802. The van der Waals surface area contributed by atoms with Crippen molar-refractivity contribution < 1.29 is 23.4 Å². The summed E-state index contributed by atoms with van der Waals surface area (Å²) in [7, 11) is 1.63. The number of hydrogen-bond acceptors (Lipinski definition) is 6. The highest BCUT2D eigenvalue weighted by molar-refractivity contribution is 5.83. The number of benzene rings is 3. The van der Waals surface area contributed by atoms with E-state index < -0.39 is 5.63 Å². The van der Waals surface area contributed by atoms with Crippen LogP contribution in [0.25, 0.3) is 22.1 Å². The van der Waals surface area contributed by atoms with Gasteiger partial charge in [0.2, 0.25) is 6.79 Å². The van der Waals surface area contributed by atoms with Crippen LogP contribution in [0.4, 0.5) is 0 Å². The van der Waals surface area contributed by atoms with Gasteiger partial charge < -0.3 is 23.4 Å². The molecule has 6 heteroatoms. The van der Waals surface area contributed by atoms with Crippen molar-refractivity contribution in [1.29, 1.82) is 0 Å². The van der Waals surface area contributed by atoms with E-state index >= 15 is 0 Å². The molecule has 30 heavy (non-hydrogen) atoms. The van der Waals surface area contributed by atoms with E-state index in [4.69, 9.17) is 23.4 Å². The number of fused-ring (bicyclic) bond motifs is 2. The Bertz CT molecular complexity index is 1290. The molecule has 0 N–H and O–H groups in total. The van der Waals surface area contributed by atoms with Crippen LogP contribution in [0.15, 0.2) is 75.9 Å². The van der Waals surface area contributed by atoms with Crippen molar-refractivity contribution in [1.82, 2.24) is 0 Å². The molecule has 6 nitrogen and oxygen atoms in total. The minimum atomic E-state index is -0.425. The Balaban J connectivity index is 1.41. The average Bonchev–Trinajstić information content (AvgIpc) is 3.25. The van der Waals surface area contributed by atoms with Crippen LogP contribution in [0.2, 0.25) is 0 Å². The van der Waals surface area contributed by atoms with E-state index in [0.29, 0.717) is 40.6 Å². The molecule has 0 fully saturated rings. The second kappa shape index (κ2) is 7.48. The van der Waals surface area contributed by atoms with Gasteiger partial charge in [0.1, 0.15) is 23.7 Å². The van der Waals surface area contributed by atoms with Crippen LogP contribution in [-0.2, 0) is 6.61 Å². The van der Waals surface area contributed by atoms with Crippen LogP contribution >= 0.6 is 0 Å². The van der Waals surface area contributed by atoms with Crippen molar-refractivity contribution in [3.8, 4) is 34.1 Å². The normalized spacial score (nSPS) is 12.2. The van der Waals surface area contributed by atoms with Crippen molar-refractivity contribution in [3.63, 3.8) is 0 Å². The maximum absolute atomic E-state index is 12.6. The molecule has 1 aliphatic heterocycles. The fourth-order valence-electron chi connectivity index (χ4n) is 3.38. The molecular formula is C24H18O6. The first-order valence-electron chi connectivity index (χ1n) is 9.43. The van der Waals surface area contributed by atoms with Gasteiger partial charge in [-0.15, -0.1) is 0 Å². The van der Waals surface area contributed by atoms with E-state index in [0.717, 1.165) is 16.7 Å². The third kappa shape index (κ3) is 3.43. The molecule has 2 heterocycles. The van der Waals surface area contributed by atoms with E-state index in [1.807, 2.05) is 48.5 Å². The zero-order chi connectivity index (χ0) is 20.5. The number of methoxy groups -OCH3 is 1. The van der Waals surface area contributed by atoms with E-state index in [9.17, 15) is 4.79 Å². The van der Waals surface area contributed by atoms with Crippen LogP contribution in [0.1, 0.15) is 5.56 Å². The Labute approximate surface area is 172 Å². The SMILES string of the molecule is COc1cccc(COc2ccc3cc(-c4ccc5c(c4)OCO5)c(=O)oc3c2)c1. The lowest BCUT2D eigenvalue weighted by Gasteiger charge is -2.09. The fourth-order valence-corrected chi connectivity index (χ4v) is 3.38. The molecular weight excluding hydrogens is 384 g/mol. The molecule has 0 aliphatic carbocycles. The van der Waals surface area contributed by atoms with E-state index in [2.05, 4.69) is 0 Å². The lowest BCUT2D eigenvalue weighted by molar-refractivity contribution is 0.174. The van der Waals surface area contributed by atoms with Crippen molar-refractivity contribution >= 4 is 11.0 Å². The first-order chi connectivity index (χ1) is 14.7. The van der Waals surface area contributed by atoms with Gasteiger partial charge in [0.05, 0.1) is 12.7 Å². The molecule has 0 atom stereocenters. The van der Waals surface area contributed by atoms with Crippen molar-refractivity contribution in [3.05, 3.63) is 82.7 Å². The van der Waals surface area contributed by atoms with Gasteiger partial charge in [-0.3, -0.25) is 0 Å². The molecule has 150 valence electrons. The van der Waals surface area contributed by atoms with Gasteiger partial charge >= 0.3 is 5.63 Å². The van der Waals surface area contributed by atoms with Crippen LogP contribution in [0, 0.1) is 0 Å². The van der Waals surface area contributed by atoms with E-state index in [1.54, 1.807) is 25.3 Å². The van der Waals surface area contributed by atoms with E-state index in [-0.39, 0.29) is 6.79 Å². The first kappa shape index (κ1) is 18.1. The van der Waals surface area contributed by atoms with Crippen molar-refractivity contribution in [2.24, 2.45) is 0 Å². The Morgan fingerprint density at radius 1 is 0.900 bits per heavy atom. The van der Waals surface area contributed by atoms with Crippen LogP contribution in [0.5, 0.6) is 23.0 Å². The summed E-state index contributed by atoms with van der Waals surface area (Å²) >= 11 is 0. The molecule has 0 radical (unpaired) electrons. The quantitative estimate of drug-likeness (QED) is 0.448. The summed E-state index contributed by atoms with van der Waals surface area (Å²) in [4.78, 5) is 12.6. The van der Waals surface area contributed by atoms with Gasteiger partial charge in [0.25, 0.3) is 0 Å². The van der Waals surface area contributed by atoms with Crippen LogP contribution in [0.3, 0.4) is 0 Å². The maximum Gasteiger partial charge on any atom is 0.344 e. The fraction of sp³-hybridized carbons (Fsp3) is 0.125. The predicted octanol–water partition coefficient (Wildman–Crippen LogP) is 4.78. The molecule has 0 spiro atoms. The topological polar surface area (TPSA) is 67.1 Å². The Kier molecular flexibility index (Phi) is 4.52. The molecule has 1 aromatic heterocycles. The highest BCUT2D eigenvalue weighted by atomic mass is 16.7. The number of rotatable bonds is 5. The molecule has 5 rings (SSSR count). The summed E-state index contributed by atoms with van der Waals surface area (Å²) < 4.78 is 27.4. The van der Waals surface area contributed by atoms with Crippen molar-refractivity contribution in [2.45, 2.75) is 6.61 Å². The largest absolute Gasteiger partial charge is 0.497 e. The zero-order valence-electron chi connectivity index (χ0n) is 16.2. The highest BCUT2D eigenvalue weighted by Crippen LogP contribution is 2.35. The van der Waals surface area contributed by atoms with Gasteiger partial charge in [0.15, 0.2) is 11.5 Å². The third-order valence-electron chi connectivity index (χ3n) is 4.93.